The van der Waals surface area contributed by atoms with Crippen LogP contribution in [0.5, 0.6) is 0 Å². The molecule has 0 bridgehead atoms. The number of rotatable bonds is 7. The van der Waals surface area contributed by atoms with E-state index in [2.05, 4.69) is 5.32 Å². The SMILES string of the molecule is C[C@@H](CCc1ccccc1)NC(=O)c1ccc2c(c1)N(Cc1ccc(Cl)cc1)C(=O)c1ccccc1S2(=O)=O. The van der Waals surface area contributed by atoms with E-state index in [4.69, 9.17) is 11.6 Å². The second kappa shape index (κ2) is 11.0. The van der Waals surface area contributed by atoms with Gasteiger partial charge in [0.2, 0.25) is 9.84 Å². The first kappa shape index (κ1) is 26.7. The van der Waals surface area contributed by atoms with Gasteiger partial charge in [0.05, 0.1) is 27.6 Å². The summed E-state index contributed by atoms with van der Waals surface area (Å²) in [7, 11) is -4.02. The number of hydrogen-bond acceptors (Lipinski definition) is 4. The molecule has 8 heteroatoms. The molecule has 0 fully saturated rings. The number of sulfone groups is 1. The molecule has 198 valence electrons. The molecule has 6 nitrogen and oxygen atoms in total. The molecule has 39 heavy (non-hydrogen) atoms. The van der Waals surface area contributed by atoms with Crippen molar-refractivity contribution in [1.82, 2.24) is 5.32 Å². The van der Waals surface area contributed by atoms with Crippen LogP contribution in [0.1, 0.15) is 45.2 Å². The number of hydrogen-bond donors (Lipinski definition) is 1. The maximum absolute atomic E-state index is 13.8. The monoisotopic (exact) mass is 558 g/mol. The van der Waals surface area contributed by atoms with E-state index in [0.717, 1.165) is 18.4 Å². The molecule has 1 heterocycles. The predicted octanol–water partition coefficient (Wildman–Crippen LogP) is 6.08. The third-order valence-electron chi connectivity index (χ3n) is 6.79. The van der Waals surface area contributed by atoms with Crippen LogP contribution in [-0.2, 0) is 22.8 Å². The van der Waals surface area contributed by atoms with E-state index in [1.807, 2.05) is 37.3 Å². The number of fused-ring (bicyclic) bond motifs is 2. The number of halogens is 1. The number of carbonyl (C=O) groups is 2. The van der Waals surface area contributed by atoms with Gasteiger partial charge in [-0.3, -0.25) is 9.59 Å². The molecule has 1 atom stereocenters. The van der Waals surface area contributed by atoms with Gasteiger partial charge in [0.25, 0.3) is 11.8 Å². The smallest absolute Gasteiger partial charge is 0.259 e. The van der Waals surface area contributed by atoms with Crippen LogP contribution in [0.25, 0.3) is 0 Å². The highest BCUT2D eigenvalue weighted by molar-refractivity contribution is 7.91. The highest BCUT2D eigenvalue weighted by Crippen LogP contribution is 2.38. The average Bonchev–Trinajstić information content (AvgIpc) is 3.01. The van der Waals surface area contributed by atoms with E-state index < -0.39 is 15.7 Å². The molecule has 1 aliphatic rings. The zero-order valence-electron chi connectivity index (χ0n) is 21.3. The van der Waals surface area contributed by atoms with E-state index in [1.54, 1.807) is 36.4 Å². The van der Waals surface area contributed by atoms with Gasteiger partial charge in [-0.15, -0.1) is 0 Å². The Labute approximate surface area is 233 Å². The summed E-state index contributed by atoms with van der Waals surface area (Å²) in [5, 5.41) is 3.55. The van der Waals surface area contributed by atoms with Gasteiger partial charge in [-0.2, -0.15) is 0 Å². The van der Waals surface area contributed by atoms with Gasteiger partial charge in [0.15, 0.2) is 0 Å². The van der Waals surface area contributed by atoms with Crippen LogP contribution in [0.2, 0.25) is 5.02 Å². The van der Waals surface area contributed by atoms with Gasteiger partial charge in [-0.25, -0.2) is 8.42 Å². The van der Waals surface area contributed by atoms with Crippen molar-refractivity contribution in [2.75, 3.05) is 4.90 Å². The summed E-state index contributed by atoms with van der Waals surface area (Å²) >= 11 is 6.04. The number of amides is 2. The average molecular weight is 559 g/mol. The second-order valence-corrected chi connectivity index (χ2v) is 11.9. The van der Waals surface area contributed by atoms with Crippen molar-refractivity contribution >= 4 is 38.9 Å². The maximum Gasteiger partial charge on any atom is 0.259 e. The highest BCUT2D eigenvalue weighted by atomic mass is 35.5. The van der Waals surface area contributed by atoms with Crippen LogP contribution in [0, 0.1) is 0 Å². The van der Waals surface area contributed by atoms with Crippen molar-refractivity contribution in [3.8, 4) is 0 Å². The lowest BCUT2D eigenvalue weighted by Gasteiger charge is -2.24. The van der Waals surface area contributed by atoms with Gasteiger partial charge >= 0.3 is 0 Å². The van der Waals surface area contributed by atoms with Crippen LogP contribution in [0.15, 0.2) is 107 Å². The van der Waals surface area contributed by atoms with Crippen LogP contribution in [0.4, 0.5) is 5.69 Å². The van der Waals surface area contributed by atoms with E-state index in [9.17, 15) is 18.0 Å². The van der Waals surface area contributed by atoms with Crippen LogP contribution < -0.4 is 10.2 Å². The minimum Gasteiger partial charge on any atom is -0.350 e. The minimum absolute atomic E-state index is 0.0246. The summed E-state index contributed by atoms with van der Waals surface area (Å²) in [5.41, 5.74) is 2.47. The molecule has 0 radical (unpaired) electrons. The standard InChI is InChI=1S/C31H27ClN2O4S/c1-21(11-12-22-7-3-2-4-8-22)33-30(35)24-15-18-29-27(19-24)34(20-23-13-16-25(32)17-14-23)31(36)26-9-5-6-10-28(26)39(29,37)38/h2-10,13-19,21H,11-12,20H2,1H3,(H,33,35)/t21-/m0/s1. The normalized spacial score (nSPS) is 14.6. The summed E-state index contributed by atoms with van der Waals surface area (Å²) in [6.45, 7) is 2.03. The molecule has 5 rings (SSSR count). The quantitative estimate of drug-likeness (QED) is 0.298. The number of nitrogens with one attached hydrogen (secondary N) is 1. The number of aryl methyl sites for hydroxylation is 1. The summed E-state index contributed by atoms with van der Waals surface area (Å²) in [5.74, 6) is -0.798. The van der Waals surface area contributed by atoms with Gasteiger partial charge in [0.1, 0.15) is 0 Å². The molecule has 4 aromatic carbocycles. The third-order valence-corrected chi connectivity index (χ3v) is 8.91. The van der Waals surface area contributed by atoms with E-state index >= 15 is 0 Å². The fraction of sp³-hybridized carbons (Fsp3) is 0.161. The van der Waals surface area contributed by atoms with Crippen molar-refractivity contribution in [3.05, 3.63) is 124 Å². The van der Waals surface area contributed by atoms with Gasteiger partial charge < -0.3 is 10.2 Å². The summed E-state index contributed by atoms with van der Waals surface area (Å²) in [6.07, 6.45) is 1.55. The lowest BCUT2D eigenvalue weighted by atomic mass is 10.1. The molecule has 0 saturated heterocycles. The van der Waals surface area contributed by atoms with Gasteiger partial charge in [-0.05, 0) is 73.4 Å². The number of benzene rings is 4. The Bertz CT molecular complexity index is 1640. The first-order chi connectivity index (χ1) is 18.7. The van der Waals surface area contributed by atoms with Gasteiger partial charge in [-0.1, -0.05) is 66.2 Å². The first-order valence-corrected chi connectivity index (χ1v) is 14.5. The second-order valence-electron chi connectivity index (χ2n) is 9.60. The Hall–Kier alpha value is -3.94. The molecular formula is C31H27ClN2O4S. The zero-order valence-corrected chi connectivity index (χ0v) is 22.9. The van der Waals surface area contributed by atoms with Crippen molar-refractivity contribution in [2.45, 2.75) is 42.1 Å². The van der Waals surface area contributed by atoms with E-state index in [0.29, 0.717) is 5.02 Å². The Balaban J connectivity index is 1.49. The zero-order chi connectivity index (χ0) is 27.6. The third kappa shape index (κ3) is 5.60. The fourth-order valence-corrected chi connectivity index (χ4v) is 6.44. The van der Waals surface area contributed by atoms with Gasteiger partial charge in [0, 0.05) is 16.6 Å². The molecule has 0 saturated carbocycles. The van der Waals surface area contributed by atoms with Crippen LogP contribution in [-0.4, -0.2) is 26.3 Å². The number of anilines is 1. The Kier molecular flexibility index (Phi) is 7.55. The van der Waals surface area contributed by atoms with Crippen molar-refractivity contribution in [2.24, 2.45) is 0 Å². The van der Waals surface area contributed by atoms with E-state index in [1.165, 1.54) is 40.8 Å². The highest BCUT2D eigenvalue weighted by Gasteiger charge is 2.36. The van der Waals surface area contributed by atoms with Crippen LogP contribution >= 0.6 is 11.6 Å². The van der Waals surface area contributed by atoms with E-state index in [-0.39, 0.29) is 45.1 Å². The molecule has 0 aromatic heterocycles. The number of nitrogens with zero attached hydrogens (tertiary/aromatic N) is 1. The van der Waals surface area contributed by atoms with Crippen molar-refractivity contribution in [3.63, 3.8) is 0 Å². The predicted molar refractivity (Wildman–Crippen MR) is 152 cm³/mol. The molecule has 0 spiro atoms. The lowest BCUT2D eigenvalue weighted by Crippen LogP contribution is -2.34. The Morgan fingerprint density at radius 2 is 1.56 bits per heavy atom. The summed E-state index contributed by atoms with van der Waals surface area (Å²) < 4.78 is 27.4. The Morgan fingerprint density at radius 1 is 0.872 bits per heavy atom. The maximum atomic E-state index is 13.8. The number of carbonyl (C=O) groups excluding carboxylic acids is 2. The largest absolute Gasteiger partial charge is 0.350 e. The van der Waals surface area contributed by atoms with Crippen molar-refractivity contribution in [1.29, 1.82) is 0 Å². The first-order valence-electron chi connectivity index (χ1n) is 12.6. The summed E-state index contributed by atoms with van der Waals surface area (Å²) in [4.78, 5) is 28.3. The topological polar surface area (TPSA) is 83.6 Å². The van der Waals surface area contributed by atoms with Crippen molar-refractivity contribution < 1.29 is 18.0 Å². The molecule has 4 aromatic rings. The molecule has 0 aliphatic carbocycles. The minimum atomic E-state index is -4.02. The molecule has 1 N–H and O–H groups in total. The lowest BCUT2D eigenvalue weighted by molar-refractivity contribution is 0.0935. The summed E-state index contributed by atoms with van der Waals surface area (Å²) in [6, 6.07) is 27.5. The molecular weight excluding hydrogens is 532 g/mol. The Morgan fingerprint density at radius 3 is 2.31 bits per heavy atom. The van der Waals surface area contributed by atoms with Crippen LogP contribution in [0.3, 0.4) is 0 Å². The molecule has 1 aliphatic heterocycles. The fourth-order valence-electron chi connectivity index (χ4n) is 4.68. The molecule has 0 unspecified atom stereocenters. The molecule has 2 amide bonds.